The van der Waals surface area contributed by atoms with Crippen LogP contribution in [0.15, 0.2) is 70.1 Å². The molecule has 3 amide bonds. The molecule has 3 aromatic carbocycles. The van der Waals surface area contributed by atoms with Crippen LogP contribution in [0.1, 0.15) is 17.2 Å². The van der Waals surface area contributed by atoms with Crippen molar-refractivity contribution in [2.45, 2.75) is 25.6 Å². The second-order valence-electron chi connectivity index (χ2n) is 9.74. The van der Waals surface area contributed by atoms with E-state index < -0.39 is 42.1 Å². The first kappa shape index (κ1) is 33.4. The van der Waals surface area contributed by atoms with E-state index in [0.29, 0.717) is 5.56 Å². The summed E-state index contributed by atoms with van der Waals surface area (Å²) in [4.78, 5) is 30.3. The number of nitrogens with zero attached hydrogens (tertiary/aromatic N) is 4. The van der Waals surface area contributed by atoms with Gasteiger partial charge in [-0.3, -0.25) is 9.69 Å². The van der Waals surface area contributed by atoms with Crippen molar-refractivity contribution in [2.75, 3.05) is 23.1 Å². The highest BCUT2D eigenvalue weighted by molar-refractivity contribution is 8.15. The average Bonchev–Trinajstić information content (AvgIpc) is 3.61. The molecule has 0 saturated carbocycles. The number of aryl methyl sites for hydroxylation is 1. The van der Waals surface area contributed by atoms with Gasteiger partial charge in [0.25, 0.3) is 0 Å². The molecule has 0 aliphatic carbocycles. The van der Waals surface area contributed by atoms with Gasteiger partial charge in [-0.1, -0.05) is 23.9 Å². The summed E-state index contributed by atoms with van der Waals surface area (Å²) in [5.41, 5.74) is 0.00151. The molecule has 0 spiro atoms. The number of hydrogen-bond donors (Lipinski definition) is 1. The smallest absolute Gasteiger partial charge is 0.416 e. The highest BCUT2D eigenvalue weighted by Crippen LogP contribution is 2.42. The fourth-order valence-electron chi connectivity index (χ4n) is 4.42. The molecule has 10 nitrogen and oxygen atoms in total. The molecule has 1 saturated heterocycles. The Morgan fingerprint density at radius 1 is 1.00 bits per heavy atom. The van der Waals surface area contributed by atoms with Crippen LogP contribution in [0, 0.1) is 12.7 Å². The van der Waals surface area contributed by atoms with Crippen molar-refractivity contribution in [3.05, 3.63) is 77.6 Å². The van der Waals surface area contributed by atoms with Crippen molar-refractivity contribution >= 4 is 40.2 Å². The number of rotatable bonds is 7. The van der Waals surface area contributed by atoms with E-state index in [-0.39, 0.29) is 50.8 Å². The molecule has 2 heterocycles. The molecule has 0 bridgehead atoms. The molecule has 5 rings (SSSR count). The molecule has 1 aliphatic heterocycles. The SMILES string of the molecule is COC(c1ccc(C)cc1N1C(=O)CS/C1=N\C(=O)Nc1ccc(-c2nnc(-c3ccc(OC(F)(F)F)cc3)o2)cc1F)C(F)(F)F. The first-order valence-electron chi connectivity index (χ1n) is 13.2. The van der Waals surface area contributed by atoms with E-state index in [2.05, 4.69) is 30.0 Å². The van der Waals surface area contributed by atoms with Gasteiger partial charge in [-0.05, 0) is 61.0 Å². The largest absolute Gasteiger partial charge is 0.573 e. The first-order valence-corrected chi connectivity index (χ1v) is 14.2. The molecule has 1 N–H and O–H groups in total. The fourth-order valence-corrected chi connectivity index (χ4v) is 5.28. The van der Waals surface area contributed by atoms with E-state index in [1.165, 1.54) is 36.4 Å². The quantitative estimate of drug-likeness (QED) is 0.197. The van der Waals surface area contributed by atoms with Gasteiger partial charge in [0.05, 0.1) is 17.1 Å². The average molecular weight is 684 g/mol. The Morgan fingerprint density at radius 3 is 2.28 bits per heavy atom. The van der Waals surface area contributed by atoms with E-state index in [0.717, 1.165) is 48.0 Å². The van der Waals surface area contributed by atoms with Gasteiger partial charge in [-0.2, -0.15) is 18.2 Å². The van der Waals surface area contributed by atoms with Gasteiger partial charge < -0.3 is 19.2 Å². The lowest BCUT2D eigenvalue weighted by atomic mass is 10.0. The molecule has 1 fully saturated rings. The second kappa shape index (κ2) is 13.0. The minimum absolute atomic E-state index is 0.0795. The van der Waals surface area contributed by atoms with Gasteiger partial charge in [0.15, 0.2) is 11.3 Å². The highest BCUT2D eigenvalue weighted by atomic mass is 32.2. The predicted octanol–water partition coefficient (Wildman–Crippen LogP) is 7.67. The Bertz CT molecular complexity index is 1840. The van der Waals surface area contributed by atoms with Crippen molar-refractivity contribution in [2.24, 2.45) is 4.99 Å². The van der Waals surface area contributed by atoms with Crippen LogP contribution >= 0.6 is 11.8 Å². The number of halogens is 7. The van der Waals surface area contributed by atoms with Crippen LogP contribution in [0.4, 0.5) is 46.9 Å². The van der Waals surface area contributed by atoms with E-state index >= 15 is 4.39 Å². The van der Waals surface area contributed by atoms with Gasteiger partial charge in [0, 0.05) is 23.8 Å². The number of aromatic nitrogens is 2. The molecule has 1 aliphatic rings. The summed E-state index contributed by atoms with van der Waals surface area (Å²) in [6.07, 6.45) is -12.0. The topological polar surface area (TPSA) is 119 Å². The van der Waals surface area contributed by atoms with Crippen molar-refractivity contribution in [1.82, 2.24) is 10.2 Å². The third kappa shape index (κ3) is 7.71. The number of amidine groups is 1. The number of hydrogen-bond acceptors (Lipinski definition) is 8. The van der Waals surface area contributed by atoms with Gasteiger partial charge in [0.2, 0.25) is 17.7 Å². The van der Waals surface area contributed by atoms with Crippen LogP contribution in [-0.4, -0.2) is 52.7 Å². The predicted molar refractivity (Wildman–Crippen MR) is 155 cm³/mol. The number of nitrogens with one attached hydrogen (secondary N) is 1. The number of ether oxygens (including phenoxy) is 2. The Morgan fingerprint density at radius 2 is 1.66 bits per heavy atom. The van der Waals surface area contributed by atoms with Gasteiger partial charge >= 0.3 is 18.6 Å². The summed E-state index contributed by atoms with van der Waals surface area (Å²) in [7, 11) is 0.876. The Hall–Kier alpha value is -4.97. The number of carbonyl (C=O) groups is 2. The minimum Gasteiger partial charge on any atom is -0.416 e. The molecule has 4 aromatic rings. The zero-order valence-corrected chi connectivity index (χ0v) is 24.8. The standard InChI is InChI=1S/C29H20F7N5O5S/c1-14-3-9-18(23(44-2)28(31,32)33)21(11-14)41-22(42)13-47-27(41)38-26(43)37-20-10-6-16(12-19(20)30)25-40-39-24(45-25)15-4-7-17(8-5-15)46-29(34,35)36/h3-12,23H,13H2,1-2H3,(H,37,43)/b38-27-. The number of aliphatic imine (C=N–C) groups is 1. The maximum Gasteiger partial charge on any atom is 0.573 e. The van der Waals surface area contributed by atoms with Crippen LogP contribution in [0.2, 0.25) is 0 Å². The molecule has 0 radical (unpaired) electrons. The van der Waals surface area contributed by atoms with Crippen molar-refractivity contribution in [1.29, 1.82) is 0 Å². The van der Waals surface area contributed by atoms with Crippen molar-refractivity contribution < 1.29 is 54.2 Å². The normalized spacial score (nSPS) is 15.3. The number of anilines is 2. The monoisotopic (exact) mass is 683 g/mol. The number of benzene rings is 3. The van der Waals surface area contributed by atoms with Gasteiger partial charge in [-0.15, -0.1) is 23.4 Å². The number of alkyl halides is 6. The van der Waals surface area contributed by atoms with E-state index in [9.17, 15) is 35.9 Å². The van der Waals surface area contributed by atoms with Crippen LogP contribution in [0.25, 0.3) is 22.9 Å². The first-order chi connectivity index (χ1) is 22.1. The molecule has 47 heavy (non-hydrogen) atoms. The summed E-state index contributed by atoms with van der Waals surface area (Å²) in [6.45, 7) is 1.61. The molecule has 18 heteroatoms. The number of amides is 3. The van der Waals surface area contributed by atoms with Gasteiger partial charge in [-0.25, -0.2) is 9.18 Å². The molecule has 1 aromatic heterocycles. The third-order valence-electron chi connectivity index (χ3n) is 6.42. The van der Waals surface area contributed by atoms with E-state index in [4.69, 9.17) is 4.42 Å². The Kier molecular flexibility index (Phi) is 9.26. The lowest BCUT2D eigenvalue weighted by Crippen LogP contribution is -2.33. The molecule has 1 unspecified atom stereocenters. The zero-order chi connectivity index (χ0) is 34.1. The van der Waals surface area contributed by atoms with Crippen molar-refractivity contribution in [3.63, 3.8) is 0 Å². The molecular weight excluding hydrogens is 663 g/mol. The fraction of sp³-hybridized carbons (Fsp3) is 0.207. The molecule has 246 valence electrons. The van der Waals surface area contributed by atoms with Crippen LogP contribution in [0.5, 0.6) is 5.75 Å². The Balaban J connectivity index is 1.33. The summed E-state index contributed by atoms with van der Waals surface area (Å²) >= 11 is 0.806. The van der Waals surface area contributed by atoms with Crippen LogP contribution in [0.3, 0.4) is 0 Å². The maximum absolute atomic E-state index is 15.0. The minimum atomic E-state index is -4.87. The van der Waals surface area contributed by atoms with Crippen molar-refractivity contribution in [3.8, 4) is 28.7 Å². The summed E-state index contributed by atoms with van der Waals surface area (Å²) in [5.74, 6) is -2.49. The summed E-state index contributed by atoms with van der Waals surface area (Å²) in [6, 6.07) is 10.9. The number of carbonyl (C=O) groups excluding carboxylic acids is 2. The van der Waals surface area contributed by atoms with Crippen LogP contribution < -0.4 is 15.0 Å². The maximum atomic E-state index is 15.0. The zero-order valence-electron chi connectivity index (χ0n) is 23.9. The van der Waals surface area contributed by atoms with E-state index in [1.54, 1.807) is 6.92 Å². The summed E-state index contributed by atoms with van der Waals surface area (Å²) in [5, 5.41) is 9.61. The van der Waals surface area contributed by atoms with E-state index in [1.807, 2.05) is 0 Å². The number of thioether (sulfide) groups is 1. The molecular formula is C29H20F7N5O5S. The van der Waals surface area contributed by atoms with Gasteiger partial charge in [0.1, 0.15) is 11.6 Å². The second-order valence-corrected chi connectivity index (χ2v) is 10.7. The third-order valence-corrected chi connectivity index (χ3v) is 7.35. The van der Waals surface area contributed by atoms with Crippen LogP contribution in [-0.2, 0) is 9.53 Å². The lowest BCUT2D eigenvalue weighted by Gasteiger charge is -2.26. The summed E-state index contributed by atoms with van der Waals surface area (Å²) < 4.78 is 107. The number of urea groups is 1. The Labute approximate surface area is 264 Å². The number of methoxy groups -OCH3 is 1. The molecule has 1 atom stereocenters. The highest BCUT2D eigenvalue weighted by Gasteiger charge is 2.44. The lowest BCUT2D eigenvalue weighted by molar-refractivity contribution is -0.274.